The number of aromatic hydroxyl groups is 1. The van der Waals surface area contributed by atoms with E-state index in [0.717, 1.165) is 97.1 Å². The Labute approximate surface area is 403 Å². The molecule has 0 spiro atoms. The molecule has 13 heteroatoms. The predicted octanol–water partition coefficient (Wildman–Crippen LogP) is 8.43. The SMILES string of the molecule is Cc1c(C(=O)N(c2ccc(O)cc2)c2cc(C#N)n(C3CC3)c2C)cc(-c2cc3c(cc2C(=O)N2Cc4ccccc4C[C@H]2C)CN(C(=O)Cc2ccc(OCCN4CCOCC4)cc2)CC3)n1C. The Morgan fingerprint density at radius 3 is 2.30 bits per heavy atom. The van der Waals surface area contributed by atoms with E-state index >= 15 is 9.59 Å². The minimum atomic E-state index is -0.298. The molecule has 0 unspecified atom stereocenters. The maximum atomic E-state index is 15.2. The molecule has 0 radical (unpaired) electrons. The first-order valence-electron chi connectivity index (χ1n) is 24.2. The van der Waals surface area contributed by atoms with Gasteiger partial charge in [-0.15, -0.1) is 0 Å². The number of hydrogen-bond donors (Lipinski definition) is 1. The van der Waals surface area contributed by atoms with Crippen LogP contribution in [0.1, 0.15) is 91.4 Å². The van der Waals surface area contributed by atoms with Gasteiger partial charge in [-0.3, -0.25) is 24.2 Å². The van der Waals surface area contributed by atoms with Crippen molar-refractivity contribution in [1.82, 2.24) is 23.8 Å². The smallest absolute Gasteiger partial charge is 0.264 e. The molecule has 3 amide bonds. The van der Waals surface area contributed by atoms with E-state index in [4.69, 9.17) is 9.47 Å². The lowest BCUT2D eigenvalue weighted by atomic mass is 9.89. The lowest BCUT2D eigenvalue weighted by Crippen LogP contribution is -2.43. The summed E-state index contributed by atoms with van der Waals surface area (Å²) in [5, 5.41) is 20.5. The van der Waals surface area contributed by atoms with Gasteiger partial charge < -0.3 is 33.5 Å². The highest BCUT2D eigenvalue weighted by Crippen LogP contribution is 2.43. The van der Waals surface area contributed by atoms with Crippen LogP contribution < -0.4 is 9.64 Å². The molecule has 2 aromatic heterocycles. The van der Waals surface area contributed by atoms with E-state index in [1.165, 1.54) is 5.56 Å². The summed E-state index contributed by atoms with van der Waals surface area (Å²) < 4.78 is 15.5. The minimum Gasteiger partial charge on any atom is -0.508 e. The number of nitrogens with zero attached hydrogens (tertiary/aromatic N) is 7. The summed E-state index contributed by atoms with van der Waals surface area (Å²) in [6, 6.07) is 32.8. The lowest BCUT2D eigenvalue weighted by Gasteiger charge is -2.36. The summed E-state index contributed by atoms with van der Waals surface area (Å²) in [5.41, 5.74) is 10.8. The van der Waals surface area contributed by atoms with Crippen molar-refractivity contribution in [2.45, 2.75) is 78.0 Å². The second-order valence-electron chi connectivity index (χ2n) is 19.1. The molecule has 354 valence electrons. The van der Waals surface area contributed by atoms with Gasteiger partial charge in [0.15, 0.2) is 0 Å². The van der Waals surface area contributed by atoms with Gasteiger partial charge in [0.1, 0.15) is 29.9 Å². The number of carbonyl (C=O) groups is 3. The van der Waals surface area contributed by atoms with Crippen LogP contribution in [0.25, 0.3) is 11.3 Å². The van der Waals surface area contributed by atoms with Crippen LogP contribution in [-0.4, -0.2) is 98.7 Å². The molecule has 1 aliphatic carbocycles. The van der Waals surface area contributed by atoms with Crippen molar-refractivity contribution in [1.29, 1.82) is 5.26 Å². The van der Waals surface area contributed by atoms with Crippen molar-refractivity contribution in [2.24, 2.45) is 7.05 Å². The molecule has 5 heterocycles. The standard InChI is InChI=1S/C56H59N7O6/c1-36-27-40-7-5-6-8-42(40)35-61(36)55(66)51-30-43-34-60(54(65)28-39-9-17-48(18-10-39)69-26-23-59-21-24-68-25-22-59)20-19-41(43)29-50(51)53-32-49(37(2)58(53)4)56(67)63(45-13-15-47(64)16-14-45)52-31-46(33-57)62(38(52)3)44-11-12-44/h5-10,13-18,29-32,36,44,64H,11-12,19-28,34-35H2,1-4H3/t36-/m1/s1. The number of nitriles is 1. The Bertz CT molecular complexity index is 2970. The van der Waals surface area contributed by atoms with Gasteiger partial charge in [0.05, 0.1) is 30.9 Å². The topological polar surface area (TPSA) is 137 Å². The van der Waals surface area contributed by atoms with E-state index in [1.807, 2.05) is 88.4 Å². The molecular weight excluding hydrogens is 867 g/mol. The van der Waals surface area contributed by atoms with Crippen molar-refractivity contribution in [3.8, 4) is 28.8 Å². The zero-order chi connectivity index (χ0) is 47.9. The fraction of sp³-hybridized carbons (Fsp3) is 0.357. The Morgan fingerprint density at radius 1 is 0.841 bits per heavy atom. The van der Waals surface area contributed by atoms with Crippen LogP contribution in [0.2, 0.25) is 0 Å². The third-order valence-corrected chi connectivity index (χ3v) is 14.6. The summed E-state index contributed by atoms with van der Waals surface area (Å²) in [7, 11) is 1.92. The van der Waals surface area contributed by atoms with Gasteiger partial charge in [0, 0.05) is 92.3 Å². The number of aromatic nitrogens is 2. The molecule has 10 rings (SSSR count). The molecule has 69 heavy (non-hydrogen) atoms. The zero-order valence-electron chi connectivity index (χ0n) is 39.9. The lowest BCUT2D eigenvalue weighted by molar-refractivity contribution is -0.131. The summed E-state index contributed by atoms with van der Waals surface area (Å²) in [4.78, 5) is 52.2. The largest absolute Gasteiger partial charge is 0.508 e. The molecule has 4 aliphatic rings. The van der Waals surface area contributed by atoms with E-state index in [9.17, 15) is 15.2 Å². The van der Waals surface area contributed by atoms with Gasteiger partial charge >= 0.3 is 0 Å². The van der Waals surface area contributed by atoms with Crippen molar-refractivity contribution in [2.75, 3.05) is 50.9 Å². The number of morpholine rings is 1. The summed E-state index contributed by atoms with van der Waals surface area (Å²) >= 11 is 0. The summed E-state index contributed by atoms with van der Waals surface area (Å²) in [6.45, 7) is 12.1. The van der Waals surface area contributed by atoms with Crippen molar-refractivity contribution < 1.29 is 29.0 Å². The number of fused-ring (bicyclic) bond motifs is 2. The normalized spacial score (nSPS) is 16.9. The molecule has 0 bridgehead atoms. The molecule has 1 N–H and O–H groups in total. The maximum absolute atomic E-state index is 15.2. The first-order valence-corrected chi connectivity index (χ1v) is 24.2. The highest BCUT2D eigenvalue weighted by Gasteiger charge is 2.35. The van der Waals surface area contributed by atoms with Crippen LogP contribution in [0.4, 0.5) is 11.4 Å². The summed E-state index contributed by atoms with van der Waals surface area (Å²) in [6.07, 6.45) is 3.53. The first-order chi connectivity index (χ1) is 33.4. The molecule has 3 aliphatic heterocycles. The number of ether oxygens (including phenoxy) is 2. The monoisotopic (exact) mass is 925 g/mol. The van der Waals surface area contributed by atoms with E-state index in [2.05, 4.69) is 36.1 Å². The first kappa shape index (κ1) is 45.6. The molecular formula is C56H59N7O6. The molecule has 4 aromatic carbocycles. The summed E-state index contributed by atoms with van der Waals surface area (Å²) in [5.74, 6) is 0.461. The van der Waals surface area contributed by atoms with Crippen molar-refractivity contribution in [3.05, 3.63) is 153 Å². The van der Waals surface area contributed by atoms with E-state index < -0.39 is 0 Å². The van der Waals surface area contributed by atoms with Crippen LogP contribution in [0.15, 0.2) is 97.1 Å². The van der Waals surface area contributed by atoms with Gasteiger partial charge in [0.2, 0.25) is 5.91 Å². The molecule has 1 atom stereocenters. The fourth-order valence-corrected chi connectivity index (χ4v) is 10.4. The fourth-order valence-electron chi connectivity index (χ4n) is 10.4. The Hall–Kier alpha value is -7.14. The number of anilines is 2. The second-order valence-corrected chi connectivity index (χ2v) is 19.1. The molecule has 13 nitrogen and oxygen atoms in total. The molecule has 1 saturated carbocycles. The van der Waals surface area contributed by atoms with Gasteiger partial charge in [-0.2, -0.15) is 5.26 Å². The highest BCUT2D eigenvalue weighted by atomic mass is 16.5. The van der Waals surface area contributed by atoms with Crippen molar-refractivity contribution in [3.63, 3.8) is 0 Å². The molecule has 1 saturated heterocycles. The zero-order valence-corrected chi connectivity index (χ0v) is 39.9. The Morgan fingerprint density at radius 2 is 1.58 bits per heavy atom. The quantitative estimate of drug-likeness (QED) is 0.129. The van der Waals surface area contributed by atoms with Gasteiger partial charge in [0.25, 0.3) is 11.8 Å². The second kappa shape index (κ2) is 19.1. The number of rotatable bonds is 12. The number of hydrogen-bond acceptors (Lipinski definition) is 8. The average Bonchev–Trinajstić information content (AvgIpc) is 4.09. The molecule has 2 fully saturated rings. The third-order valence-electron chi connectivity index (χ3n) is 14.6. The van der Waals surface area contributed by atoms with E-state index in [1.54, 1.807) is 35.2 Å². The van der Waals surface area contributed by atoms with Crippen LogP contribution in [0, 0.1) is 25.2 Å². The van der Waals surface area contributed by atoms with Gasteiger partial charge in [-0.25, -0.2) is 0 Å². The number of phenolic OH excluding ortho intramolecular Hbond substituents is 1. The molecule has 6 aromatic rings. The van der Waals surface area contributed by atoms with Gasteiger partial charge in [-0.05, 0) is 135 Å². The third kappa shape index (κ3) is 9.14. The minimum absolute atomic E-state index is 0.0175. The van der Waals surface area contributed by atoms with Gasteiger partial charge in [-0.1, -0.05) is 36.4 Å². The maximum Gasteiger partial charge on any atom is 0.264 e. The van der Waals surface area contributed by atoms with E-state index in [0.29, 0.717) is 66.6 Å². The van der Waals surface area contributed by atoms with E-state index in [-0.39, 0.29) is 42.0 Å². The van der Waals surface area contributed by atoms with Crippen LogP contribution in [0.3, 0.4) is 0 Å². The van der Waals surface area contributed by atoms with Crippen LogP contribution in [0.5, 0.6) is 11.5 Å². The number of phenols is 1. The highest BCUT2D eigenvalue weighted by molar-refractivity contribution is 6.13. The predicted molar refractivity (Wildman–Crippen MR) is 264 cm³/mol. The van der Waals surface area contributed by atoms with Crippen molar-refractivity contribution >= 4 is 29.1 Å². The van der Waals surface area contributed by atoms with Crippen LogP contribution in [-0.2, 0) is 48.9 Å². The number of carbonyl (C=O) groups excluding carboxylic acids is 3. The average molecular weight is 926 g/mol. The number of benzene rings is 4. The van der Waals surface area contributed by atoms with Crippen LogP contribution >= 0.6 is 0 Å². The Kier molecular flexibility index (Phi) is 12.6. The Balaban J connectivity index is 0.964. The number of amides is 3.